The summed E-state index contributed by atoms with van der Waals surface area (Å²) in [5.41, 5.74) is 0. The zero-order valence-electron chi connectivity index (χ0n) is 8.60. The van der Waals surface area contributed by atoms with E-state index >= 15 is 0 Å². The first-order valence-corrected chi connectivity index (χ1v) is 5.36. The van der Waals surface area contributed by atoms with Crippen LogP contribution < -0.4 is 0 Å². The first-order valence-electron chi connectivity index (χ1n) is 5.36. The third-order valence-electron chi connectivity index (χ3n) is 3.24. The van der Waals surface area contributed by atoms with E-state index in [0.717, 1.165) is 11.8 Å². The van der Waals surface area contributed by atoms with Gasteiger partial charge in [0.05, 0.1) is 0 Å². The minimum Gasteiger partial charge on any atom is -0.412 e. The molecule has 0 aromatic carbocycles. The van der Waals surface area contributed by atoms with Gasteiger partial charge in [0.15, 0.2) is 0 Å². The quantitative estimate of drug-likeness (QED) is 0.626. The van der Waals surface area contributed by atoms with Crippen molar-refractivity contribution in [3.8, 4) is 0 Å². The predicted molar refractivity (Wildman–Crippen MR) is 54.3 cm³/mol. The van der Waals surface area contributed by atoms with Crippen molar-refractivity contribution in [2.75, 3.05) is 0 Å². The molecule has 0 amide bonds. The fraction of sp³-hybridized carbons (Fsp3) is 1.00. The van der Waals surface area contributed by atoms with Crippen LogP contribution in [0.4, 0.5) is 0 Å². The summed E-state index contributed by atoms with van der Waals surface area (Å²) in [6.45, 7) is 4.65. The molecule has 1 saturated carbocycles. The van der Waals surface area contributed by atoms with Crippen LogP contribution in [-0.2, 0) is 0 Å². The Bertz CT molecular complexity index is 93.2. The van der Waals surface area contributed by atoms with Crippen molar-refractivity contribution in [2.24, 2.45) is 11.8 Å². The molecule has 74 valence electrons. The second-order valence-corrected chi connectivity index (χ2v) is 4.08. The van der Waals surface area contributed by atoms with Gasteiger partial charge in [0.25, 0.3) is 0 Å². The van der Waals surface area contributed by atoms with Crippen molar-refractivity contribution in [2.45, 2.75) is 58.8 Å². The van der Waals surface area contributed by atoms with Crippen molar-refractivity contribution in [3.63, 3.8) is 0 Å². The summed E-state index contributed by atoms with van der Waals surface area (Å²) in [5, 5.41) is 0. The lowest BCUT2D eigenvalue weighted by molar-refractivity contribution is 0.257. The zero-order chi connectivity index (χ0) is 8.10. The summed E-state index contributed by atoms with van der Waals surface area (Å²) in [5.74, 6) is 2.16. The molecule has 1 fully saturated rings. The Hall–Kier alpha value is -0.0400. The average molecular weight is 172 g/mol. The van der Waals surface area contributed by atoms with Gasteiger partial charge in [0.2, 0.25) is 0 Å². The third-order valence-corrected chi connectivity index (χ3v) is 3.24. The first-order chi connectivity index (χ1) is 5.36. The molecule has 0 aliphatic heterocycles. The van der Waals surface area contributed by atoms with E-state index in [-0.39, 0.29) is 5.48 Å². The van der Waals surface area contributed by atoms with Crippen molar-refractivity contribution in [1.82, 2.24) is 0 Å². The molecule has 1 rings (SSSR count). The molecule has 0 aromatic heterocycles. The van der Waals surface area contributed by atoms with Crippen LogP contribution >= 0.6 is 0 Å². The summed E-state index contributed by atoms with van der Waals surface area (Å²) in [4.78, 5) is 0. The van der Waals surface area contributed by atoms with Crippen LogP contribution in [0.15, 0.2) is 0 Å². The molecule has 0 bridgehead atoms. The molecule has 0 radical (unpaired) electrons. The van der Waals surface area contributed by atoms with Crippen LogP contribution in [0, 0.1) is 11.8 Å². The van der Waals surface area contributed by atoms with E-state index in [4.69, 9.17) is 0 Å². The summed E-state index contributed by atoms with van der Waals surface area (Å²) in [6, 6.07) is 0. The van der Waals surface area contributed by atoms with Gasteiger partial charge in [-0.1, -0.05) is 58.8 Å². The highest BCUT2D eigenvalue weighted by atomic mass is 16.0. The van der Waals surface area contributed by atoms with Gasteiger partial charge in [-0.2, -0.15) is 0 Å². The van der Waals surface area contributed by atoms with Crippen LogP contribution in [0.5, 0.6) is 0 Å². The van der Waals surface area contributed by atoms with Crippen LogP contribution in [-0.4, -0.2) is 5.48 Å². The monoisotopic (exact) mass is 172 g/mol. The first kappa shape index (κ1) is 12.0. The lowest BCUT2D eigenvalue weighted by Crippen LogP contribution is -2.13. The molecule has 0 aromatic rings. The molecule has 12 heavy (non-hydrogen) atoms. The lowest BCUT2D eigenvalue weighted by atomic mass is 9.79. The highest BCUT2D eigenvalue weighted by Crippen LogP contribution is 2.32. The maximum atomic E-state index is 2.34. The molecule has 0 atom stereocenters. The summed E-state index contributed by atoms with van der Waals surface area (Å²) in [7, 11) is 0. The Morgan fingerprint density at radius 2 is 1.42 bits per heavy atom. The van der Waals surface area contributed by atoms with E-state index in [2.05, 4.69) is 13.8 Å². The third kappa shape index (κ3) is 3.57. The van der Waals surface area contributed by atoms with Crippen LogP contribution in [0.1, 0.15) is 58.8 Å². The van der Waals surface area contributed by atoms with Gasteiger partial charge in [-0.3, -0.25) is 0 Å². The second-order valence-electron chi connectivity index (χ2n) is 4.08. The highest BCUT2D eigenvalue weighted by Gasteiger charge is 2.18. The van der Waals surface area contributed by atoms with E-state index in [0.29, 0.717) is 0 Å². The van der Waals surface area contributed by atoms with Gasteiger partial charge in [-0.15, -0.1) is 0 Å². The minimum absolute atomic E-state index is 0. The Morgan fingerprint density at radius 3 is 1.83 bits per heavy atom. The lowest BCUT2D eigenvalue weighted by Gasteiger charge is -2.27. The molecular weight excluding hydrogens is 148 g/mol. The standard InChI is InChI=1S/C11H22.H2O/c1-3-5-11-8-6-10(4-2)7-9-11;/h10-11H,3-9H2,1-2H3;1H2. The maximum absolute atomic E-state index is 2.34. The molecule has 2 N–H and O–H groups in total. The fourth-order valence-electron chi connectivity index (χ4n) is 2.34. The molecule has 0 unspecified atom stereocenters. The van der Waals surface area contributed by atoms with Gasteiger partial charge in [-0.05, 0) is 11.8 Å². The fourth-order valence-corrected chi connectivity index (χ4v) is 2.34. The van der Waals surface area contributed by atoms with Gasteiger partial charge in [0.1, 0.15) is 0 Å². The van der Waals surface area contributed by atoms with Gasteiger partial charge < -0.3 is 5.48 Å². The zero-order valence-corrected chi connectivity index (χ0v) is 8.60. The SMILES string of the molecule is CCCC1CCC(CC)CC1.O. The number of hydrogen-bond donors (Lipinski definition) is 0. The minimum atomic E-state index is 0. The van der Waals surface area contributed by atoms with E-state index in [9.17, 15) is 0 Å². The van der Waals surface area contributed by atoms with E-state index < -0.39 is 0 Å². The molecule has 0 spiro atoms. The smallest absolute Gasteiger partial charge is 0.0414 e. The topological polar surface area (TPSA) is 31.5 Å². The van der Waals surface area contributed by atoms with Crippen molar-refractivity contribution in [1.29, 1.82) is 0 Å². The van der Waals surface area contributed by atoms with E-state index in [1.807, 2.05) is 0 Å². The second kappa shape index (κ2) is 6.47. The summed E-state index contributed by atoms with van der Waals surface area (Å²) in [6.07, 6.45) is 10.4. The van der Waals surface area contributed by atoms with Gasteiger partial charge >= 0.3 is 0 Å². The Morgan fingerprint density at radius 1 is 0.917 bits per heavy atom. The normalized spacial score (nSPS) is 29.5. The Kier molecular flexibility index (Phi) is 6.45. The summed E-state index contributed by atoms with van der Waals surface area (Å²) < 4.78 is 0. The molecule has 1 aliphatic carbocycles. The van der Waals surface area contributed by atoms with E-state index in [1.165, 1.54) is 44.9 Å². The highest BCUT2D eigenvalue weighted by molar-refractivity contribution is 4.71. The number of rotatable bonds is 3. The van der Waals surface area contributed by atoms with Gasteiger partial charge in [0, 0.05) is 0 Å². The van der Waals surface area contributed by atoms with Gasteiger partial charge in [-0.25, -0.2) is 0 Å². The molecule has 0 heterocycles. The summed E-state index contributed by atoms with van der Waals surface area (Å²) >= 11 is 0. The molecule has 1 heteroatoms. The number of hydrogen-bond acceptors (Lipinski definition) is 0. The van der Waals surface area contributed by atoms with E-state index in [1.54, 1.807) is 0 Å². The Balaban J connectivity index is 0.00000121. The molecule has 1 aliphatic rings. The molecule has 1 nitrogen and oxygen atoms in total. The van der Waals surface area contributed by atoms with Crippen molar-refractivity contribution >= 4 is 0 Å². The molecular formula is C11H24O. The largest absolute Gasteiger partial charge is 0.412 e. The van der Waals surface area contributed by atoms with Crippen molar-refractivity contribution < 1.29 is 5.48 Å². The average Bonchev–Trinajstić information content (AvgIpc) is 2.07. The maximum Gasteiger partial charge on any atom is -0.0414 e. The van der Waals surface area contributed by atoms with Crippen molar-refractivity contribution in [3.05, 3.63) is 0 Å². The van der Waals surface area contributed by atoms with Crippen LogP contribution in [0.2, 0.25) is 0 Å². The van der Waals surface area contributed by atoms with Crippen LogP contribution in [0.3, 0.4) is 0 Å². The predicted octanol–water partition coefficient (Wildman–Crippen LogP) is 3.18. The Labute approximate surface area is 76.9 Å². The molecule has 0 saturated heterocycles. The van der Waals surface area contributed by atoms with Crippen LogP contribution in [0.25, 0.3) is 0 Å².